The number of carboxylic acid groups (broad SMARTS) is 1. The minimum absolute atomic E-state index is 0.269. The molecule has 0 bridgehead atoms. The highest BCUT2D eigenvalue weighted by Crippen LogP contribution is 2.44. The van der Waals surface area contributed by atoms with E-state index in [0.29, 0.717) is 10.8 Å². The molecule has 0 unspecified atom stereocenters. The molecule has 2 aromatic rings. The lowest BCUT2D eigenvalue weighted by Gasteiger charge is -2.16. The molecule has 2 rings (SSSR count). The Kier molecular flexibility index (Phi) is 4.30. The summed E-state index contributed by atoms with van der Waals surface area (Å²) in [6, 6.07) is 9.66. The van der Waals surface area contributed by atoms with E-state index in [1.165, 1.54) is 12.1 Å². The molecule has 0 spiro atoms. The van der Waals surface area contributed by atoms with Crippen LogP contribution in [0.3, 0.4) is 0 Å². The first kappa shape index (κ1) is 15.9. The summed E-state index contributed by atoms with van der Waals surface area (Å²) in [6.45, 7) is 0. The molecule has 1 N–H and O–H groups in total. The van der Waals surface area contributed by atoms with Gasteiger partial charge in [-0.1, -0.05) is 24.3 Å². The summed E-state index contributed by atoms with van der Waals surface area (Å²) in [4.78, 5) is 11.1. The molecule has 0 aliphatic heterocycles. The maximum Gasteiger partial charge on any atom is 0.337 e. The Morgan fingerprint density at radius 3 is 2.00 bits per heavy atom. The topological polar surface area (TPSA) is 71.4 Å². The number of fused-ring (bicyclic) bond motifs is 1. The van der Waals surface area contributed by atoms with Crippen LogP contribution in [-0.4, -0.2) is 21.0 Å². The van der Waals surface area contributed by atoms with E-state index in [1.54, 1.807) is 24.3 Å². The molecular weight excluding hydrogens is 480 g/mol. The molecule has 2 aromatic carbocycles. The number of benzene rings is 2. The minimum atomic E-state index is -3.97. The SMILES string of the molecule is O=C(O)c1cc2ccccc2cc1S(=O)(=O)C(Br)(Br)Br. The van der Waals surface area contributed by atoms with Crippen LogP contribution in [0, 0.1) is 0 Å². The van der Waals surface area contributed by atoms with Gasteiger partial charge in [-0.15, -0.1) is 0 Å². The molecule has 0 amide bonds. The number of halogens is 3. The van der Waals surface area contributed by atoms with Crippen molar-refractivity contribution in [3.05, 3.63) is 42.0 Å². The van der Waals surface area contributed by atoms with Crippen molar-refractivity contribution in [3.63, 3.8) is 0 Å². The first-order chi connectivity index (χ1) is 9.14. The van der Waals surface area contributed by atoms with Gasteiger partial charge in [0.15, 0.2) is 0 Å². The summed E-state index contributed by atoms with van der Waals surface area (Å²) in [5, 5.41) is 10.6. The van der Waals surface area contributed by atoms with Crippen molar-refractivity contribution in [1.82, 2.24) is 0 Å². The van der Waals surface area contributed by atoms with E-state index in [2.05, 4.69) is 47.8 Å². The number of hydrogen-bond donors (Lipinski definition) is 1. The number of aromatic carboxylic acids is 1. The standard InChI is InChI=1S/C12H7Br3O4S/c13-12(14,15)20(18,19)10-6-8-4-2-1-3-7(8)5-9(10)11(16)17/h1-6H,(H,16,17). The van der Waals surface area contributed by atoms with Crippen LogP contribution < -0.4 is 0 Å². The lowest BCUT2D eigenvalue weighted by molar-refractivity contribution is 0.0693. The number of carbonyl (C=O) groups is 1. The number of carboxylic acids is 1. The van der Waals surface area contributed by atoms with Crippen LogP contribution in [0.2, 0.25) is 0 Å². The fourth-order valence-corrected chi connectivity index (χ4v) is 4.27. The normalized spacial score (nSPS) is 12.6. The Balaban J connectivity index is 2.88. The molecule has 106 valence electrons. The second-order valence-corrected chi connectivity index (χ2v) is 14.3. The fraction of sp³-hybridized carbons (Fsp3) is 0.0833. The van der Waals surface area contributed by atoms with Crippen molar-refractivity contribution >= 4 is 74.4 Å². The van der Waals surface area contributed by atoms with Crippen LogP contribution in [-0.2, 0) is 9.84 Å². The molecule has 4 nitrogen and oxygen atoms in total. The third kappa shape index (κ3) is 2.79. The van der Waals surface area contributed by atoms with Gasteiger partial charge < -0.3 is 5.11 Å². The highest BCUT2D eigenvalue weighted by Gasteiger charge is 2.40. The molecule has 0 saturated heterocycles. The quantitative estimate of drug-likeness (QED) is 0.648. The Hall–Kier alpha value is -0.440. The van der Waals surface area contributed by atoms with E-state index in [0.717, 1.165) is 0 Å². The average Bonchev–Trinajstić information content (AvgIpc) is 2.35. The minimum Gasteiger partial charge on any atom is -0.478 e. The van der Waals surface area contributed by atoms with E-state index in [4.69, 9.17) is 0 Å². The van der Waals surface area contributed by atoms with Gasteiger partial charge in [0.2, 0.25) is 11.3 Å². The van der Waals surface area contributed by atoms with Gasteiger partial charge in [-0.25, -0.2) is 13.2 Å². The third-order valence-corrected chi connectivity index (χ3v) is 8.03. The van der Waals surface area contributed by atoms with Gasteiger partial charge in [-0.3, -0.25) is 0 Å². The first-order valence-corrected chi connectivity index (χ1v) is 9.08. The average molecular weight is 487 g/mol. The second kappa shape index (κ2) is 5.40. The van der Waals surface area contributed by atoms with E-state index in [9.17, 15) is 18.3 Å². The van der Waals surface area contributed by atoms with Crippen LogP contribution in [0.15, 0.2) is 41.3 Å². The Morgan fingerprint density at radius 1 is 1.05 bits per heavy atom. The summed E-state index contributed by atoms with van der Waals surface area (Å²) < 4.78 is 23.2. The predicted molar refractivity (Wildman–Crippen MR) is 87.6 cm³/mol. The summed E-state index contributed by atoms with van der Waals surface area (Å²) in [7, 11) is -3.97. The van der Waals surface area contributed by atoms with Crippen LogP contribution >= 0.6 is 47.8 Å². The molecule has 8 heteroatoms. The van der Waals surface area contributed by atoms with Crippen molar-refractivity contribution in [3.8, 4) is 0 Å². The molecule has 0 saturated carbocycles. The lowest BCUT2D eigenvalue weighted by Crippen LogP contribution is -2.20. The zero-order chi connectivity index (χ0) is 15.1. The van der Waals surface area contributed by atoms with E-state index >= 15 is 0 Å². The van der Waals surface area contributed by atoms with Crippen LogP contribution in [0.5, 0.6) is 0 Å². The molecule has 0 aliphatic carbocycles. The molecule has 0 heterocycles. The maximum atomic E-state index is 12.4. The first-order valence-electron chi connectivity index (χ1n) is 5.22. The predicted octanol–water partition coefficient (Wildman–Crippen LogP) is 4.11. The lowest BCUT2D eigenvalue weighted by atomic mass is 10.1. The molecule has 0 aromatic heterocycles. The Bertz CT molecular complexity index is 794. The second-order valence-electron chi connectivity index (χ2n) is 3.95. The fourth-order valence-electron chi connectivity index (χ4n) is 1.73. The molecular formula is C12H7Br3O4S. The number of rotatable bonds is 2. The highest BCUT2D eigenvalue weighted by molar-refractivity contribution is 9.42. The van der Waals surface area contributed by atoms with Crippen LogP contribution in [0.4, 0.5) is 0 Å². The molecule has 0 fully saturated rings. The number of hydrogen-bond acceptors (Lipinski definition) is 3. The number of alkyl halides is 3. The van der Waals surface area contributed by atoms with Crippen molar-refractivity contribution in [1.29, 1.82) is 0 Å². The number of sulfone groups is 1. The van der Waals surface area contributed by atoms with Gasteiger partial charge in [-0.2, -0.15) is 0 Å². The molecule has 0 atom stereocenters. The van der Waals surface area contributed by atoms with Gasteiger partial charge in [0.05, 0.1) is 10.5 Å². The van der Waals surface area contributed by atoms with Crippen molar-refractivity contribution in [2.24, 2.45) is 0 Å². The summed E-state index contributed by atoms with van der Waals surface area (Å²) in [6.07, 6.45) is 0. The summed E-state index contributed by atoms with van der Waals surface area (Å²) >= 11 is 8.81. The molecule has 0 radical (unpaired) electrons. The smallest absolute Gasteiger partial charge is 0.337 e. The van der Waals surface area contributed by atoms with E-state index < -0.39 is 17.3 Å². The van der Waals surface area contributed by atoms with Crippen LogP contribution in [0.1, 0.15) is 10.4 Å². The monoisotopic (exact) mass is 484 g/mol. The highest BCUT2D eigenvalue weighted by atomic mass is 80.0. The zero-order valence-corrected chi connectivity index (χ0v) is 15.3. The Labute approximate surface area is 140 Å². The molecule has 20 heavy (non-hydrogen) atoms. The van der Waals surface area contributed by atoms with Crippen molar-refractivity contribution in [2.45, 2.75) is 6.37 Å². The maximum absolute atomic E-state index is 12.4. The van der Waals surface area contributed by atoms with Crippen molar-refractivity contribution < 1.29 is 18.3 Å². The Morgan fingerprint density at radius 2 is 1.55 bits per heavy atom. The van der Waals surface area contributed by atoms with Crippen LogP contribution in [0.25, 0.3) is 10.8 Å². The van der Waals surface area contributed by atoms with E-state index in [1.807, 2.05) is 0 Å². The van der Waals surface area contributed by atoms with E-state index in [-0.39, 0.29) is 10.5 Å². The molecule has 0 aliphatic rings. The van der Waals surface area contributed by atoms with Gasteiger partial charge in [-0.05, 0) is 70.7 Å². The van der Waals surface area contributed by atoms with Gasteiger partial charge in [0.25, 0.3) is 0 Å². The third-order valence-electron chi connectivity index (χ3n) is 2.67. The van der Waals surface area contributed by atoms with Gasteiger partial charge in [0.1, 0.15) is 0 Å². The summed E-state index contributed by atoms with van der Waals surface area (Å²) in [5.41, 5.74) is -0.272. The van der Waals surface area contributed by atoms with Gasteiger partial charge >= 0.3 is 5.97 Å². The van der Waals surface area contributed by atoms with Crippen molar-refractivity contribution in [2.75, 3.05) is 0 Å². The van der Waals surface area contributed by atoms with Gasteiger partial charge in [0, 0.05) is 0 Å². The summed E-state index contributed by atoms with van der Waals surface area (Å²) in [5.74, 6) is -1.30. The zero-order valence-electron chi connectivity index (χ0n) is 9.68. The largest absolute Gasteiger partial charge is 0.478 e.